The Morgan fingerprint density at radius 1 is 1.12 bits per heavy atom. The van der Waals surface area contributed by atoms with Crippen molar-refractivity contribution in [2.24, 2.45) is 33.7 Å². The Labute approximate surface area is 380 Å². The number of ether oxygens (including phenoxy) is 3. The Morgan fingerprint density at radius 3 is 2.64 bits per heavy atom. The van der Waals surface area contributed by atoms with Gasteiger partial charge < -0.3 is 34.9 Å². The van der Waals surface area contributed by atoms with Gasteiger partial charge >= 0.3 is 6.09 Å². The molecule has 64 heavy (non-hydrogen) atoms. The lowest BCUT2D eigenvalue weighted by atomic mass is 9.83. The average Bonchev–Trinajstić information content (AvgIpc) is 3.87. The number of carbonyl (C=O) groups excluding carboxylic acids is 2. The normalized spacial score (nSPS) is 29.1. The molecule has 0 aromatic carbocycles. The summed E-state index contributed by atoms with van der Waals surface area (Å²) in [5.41, 5.74) is 7.22. The van der Waals surface area contributed by atoms with Crippen molar-refractivity contribution in [3.63, 3.8) is 0 Å². The number of amidine groups is 1. The van der Waals surface area contributed by atoms with E-state index in [1.165, 1.54) is 36.5 Å². The van der Waals surface area contributed by atoms with E-state index >= 15 is 0 Å². The lowest BCUT2D eigenvalue weighted by Gasteiger charge is -2.44. The molecule has 7 rings (SSSR count). The number of rotatable bonds is 16. The summed E-state index contributed by atoms with van der Waals surface area (Å²) in [7, 11) is 2.81. The molecule has 3 aliphatic carbocycles. The van der Waals surface area contributed by atoms with Gasteiger partial charge in [-0.25, -0.2) is 4.79 Å². The minimum absolute atomic E-state index is 0.00642. The van der Waals surface area contributed by atoms with Crippen LogP contribution in [0, 0.1) is 36.0 Å². The molecule has 12 unspecified atom stereocenters. The predicted molar refractivity (Wildman–Crippen MR) is 251 cm³/mol. The van der Waals surface area contributed by atoms with Crippen molar-refractivity contribution >= 4 is 23.5 Å². The van der Waals surface area contributed by atoms with Crippen LogP contribution in [0.1, 0.15) is 87.0 Å². The molecule has 348 valence electrons. The quantitative estimate of drug-likeness (QED) is 0.0801. The van der Waals surface area contributed by atoms with E-state index in [0.717, 1.165) is 61.4 Å². The standard InChI is InChI=1S/C50H72N8O6/c1-11-29(5)25-57(48(59)45(28(3)4)55-49(60)62-9)26-44-51-24-41(53-44)34-15-17-38-36(21-34)27-64-43-22-35-19-33(20-39(38)43)14-16-37-23-40(35)54-47(52-37)42-18-13-31(7)58(42)32(8)46(30(6)12-2)56-50(61)63-10/h1,14,16,19-22,28-33,37,41-42,45-47,50,52,56,61H,12-13,15,17-18,23-27H2,2-10H3,(H,51,53)(H,55,60). The van der Waals surface area contributed by atoms with Crippen molar-refractivity contribution in [1.29, 1.82) is 0 Å². The molecule has 14 heteroatoms. The van der Waals surface area contributed by atoms with E-state index in [-0.39, 0.29) is 66.6 Å². The van der Waals surface area contributed by atoms with Gasteiger partial charge in [0.1, 0.15) is 30.4 Å². The second-order valence-corrected chi connectivity index (χ2v) is 19.2. The second-order valence-electron chi connectivity index (χ2n) is 19.2. The molecular weight excluding hydrogens is 809 g/mol. The molecule has 14 nitrogen and oxygen atoms in total. The summed E-state index contributed by atoms with van der Waals surface area (Å²) < 4.78 is 16.7. The highest BCUT2D eigenvalue weighted by molar-refractivity contribution is 6.04. The van der Waals surface area contributed by atoms with Crippen LogP contribution in [0.15, 0.2) is 80.1 Å². The van der Waals surface area contributed by atoms with Crippen molar-refractivity contribution < 1.29 is 28.9 Å². The average molecular weight is 881 g/mol. The van der Waals surface area contributed by atoms with Gasteiger partial charge in [-0.3, -0.25) is 30.3 Å². The van der Waals surface area contributed by atoms with Crippen molar-refractivity contribution in [2.75, 3.05) is 40.5 Å². The Morgan fingerprint density at radius 2 is 1.92 bits per heavy atom. The molecule has 4 heterocycles. The van der Waals surface area contributed by atoms with Crippen molar-refractivity contribution in [3.05, 3.63) is 70.1 Å². The number of nitrogens with one attached hydrogen (secondary N) is 4. The van der Waals surface area contributed by atoms with Crippen LogP contribution in [0.4, 0.5) is 4.79 Å². The van der Waals surface area contributed by atoms with Gasteiger partial charge in [-0.1, -0.05) is 64.5 Å². The summed E-state index contributed by atoms with van der Waals surface area (Å²) in [6, 6.07) is 0.183. The molecular formula is C50H72N8O6. The lowest BCUT2D eigenvalue weighted by Crippen LogP contribution is -2.61. The van der Waals surface area contributed by atoms with Gasteiger partial charge in [-0.15, -0.1) is 12.3 Å². The van der Waals surface area contributed by atoms with E-state index in [9.17, 15) is 14.7 Å². The van der Waals surface area contributed by atoms with Crippen LogP contribution in [0.25, 0.3) is 0 Å². The zero-order valence-electron chi connectivity index (χ0n) is 39.4. The summed E-state index contributed by atoms with van der Waals surface area (Å²) in [5, 5.41) is 24.1. The fourth-order valence-electron chi connectivity index (χ4n) is 10.7. The fraction of sp³-hybridized carbons (Fsp3) is 0.640. The first-order valence-electron chi connectivity index (χ1n) is 23.6. The number of fused-ring (bicyclic) bond motifs is 6. The van der Waals surface area contributed by atoms with Gasteiger partial charge in [0.15, 0.2) is 0 Å². The molecule has 1 fully saturated rings. The third-order valence-electron chi connectivity index (χ3n) is 14.4. The van der Waals surface area contributed by atoms with Crippen LogP contribution >= 0.6 is 0 Å². The van der Waals surface area contributed by atoms with E-state index < -0.39 is 18.5 Å². The Kier molecular flexibility index (Phi) is 15.4. The van der Waals surface area contributed by atoms with Crippen molar-refractivity contribution in [2.45, 2.75) is 142 Å². The van der Waals surface area contributed by atoms with Crippen molar-refractivity contribution in [1.82, 2.24) is 31.1 Å². The second kappa shape index (κ2) is 20.8. The number of amides is 2. The molecule has 2 amide bonds. The summed E-state index contributed by atoms with van der Waals surface area (Å²) >= 11 is 0. The molecule has 7 aliphatic rings. The van der Waals surface area contributed by atoms with Crippen LogP contribution in [0.2, 0.25) is 0 Å². The molecule has 4 bridgehead atoms. The molecule has 12 atom stereocenters. The number of methoxy groups -OCH3 is 2. The van der Waals surface area contributed by atoms with Crippen molar-refractivity contribution in [3.8, 4) is 12.3 Å². The Bertz CT molecular complexity index is 2060. The summed E-state index contributed by atoms with van der Waals surface area (Å²) in [4.78, 5) is 40.7. The van der Waals surface area contributed by atoms with Gasteiger partial charge in [-0.05, 0) is 86.7 Å². The number of hydrogen-bond acceptors (Lipinski definition) is 12. The number of aliphatic hydroxyl groups excluding tert-OH is 1. The number of aliphatic imine (C=N–C) groups is 2. The molecule has 0 spiro atoms. The predicted octanol–water partition coefficient (Wildman–Crippen LogP) is 5.12. The lowest BCUT2D eigenvalue weighted by molar-refractivity contribution is -0.134. The van der Waals surface area contributed by atoms with Gasteiger partial charge in [0.05, 0.1) is 26.2 Å². The van der Waals surface area contributed by atoms with Crippen LogP contribution < -0.4 is 21.3 Å². The molecule has 5 N–H and O–H groups in total. The first-order chi connectivity index (χ1) is 30.7. The smallest absolute Gasteiger partial charge is 0.407 e. The number of aliphatic hydroxyl groups is 1. The van der Waals surface area contributed by atoms with Crippen LogP contribution in [-0.4, -0.2) is 134 Å². The molecule has 0 radical (unpaired) electrons. The first kappa shape index (κ1) is 47.4. The van der Waals surface area contributed by atoms with Gasteiger partial charge in [0.2, 0.25) is 12.3 Å². The summed E-state index contributed by atoms with van der Waals surface area (Å²) in [6.07, 6.45) is 23.6. The van der Waals surface area contributed by atoms with Crippen LogP contribution in [0.5, 0.6) is 0 Å². The van der Waals surface area contributed by atoms with Crippen LogP contribution in [0.3, 0.4) is 0 Å². The molecule has 4 aliphatic heterocycles. The third-order valence-corrected chi connectivity index (χ3v) is 14.4. The maximum absolute atomic E-state index is 13.8. The SMILES string of the molecule is C#CC(C)CN(CC1=NCC(C2=CC3=C(CC2)C2=CC4C=CC5CC(=NC(C6CCC(C)N6C(C)C(NC(O)OC)C(C)CC)N5)C(=C4)C=C2OC3)N1)C(=O)C(NC(=O)OC)C(C)C. The Hall–Kier alpha value is -4.52. The number of carbonyl (C=O) groups is 2. The van der Waals surface area contributed by atoms with E-state index in [0.29, 0.717) is 31.7 Å². The maximum atomic E-state index is 13.8. The molecule has 1 saturated heterocycles. The maximum Gasteiger partial charge on any atom is 0.407 e. The minimum atomic E-state index is -1.02. The highest BCUT2D eigenvalue weighted by Gasteiger charge is 2.44. The number of likely N-dealkylation sites (tertiary alicyclic amines) is 1. The third kappa shape index (κ3) is 10.4. The zero-order valence-corrected chi connectivity index (χ0v) is 39.4. The van der Waals surface area contributed by atoms with E-state index in [4.69, 9.17) is 30.6 Å². The zero-order chi connectivity index (χ0) is 45.8. The highest BCUT2D eigenvalue weighted by Crippen LogP contribution is 2.42. The molecule has 0 aromatic heterocycles. The number of allylic oxidation sites excluding steroid dienone is 6. The number of terminal acetylenes is 1. The Balaban J connectivity index is 1.07. The number of hydrogen-bond donors (Lipinski definition) is 5. The van der Waals surface area contributed by atoms with Gasteiger partial charge in [-0.2, -0.15) is 0 Å². The van der Waals surface area contributed by atoms with Gasteiger partial charge in [0, 0.05) is 73.4 Å². The first-order valence-corrected chi connectivity index (χ1v) is 23.6. The largest absolute Gasteiger partial charge is 0.488 e. The van der Waals surface area contributed by atoms with E-state index in [1.807, 2.05) is 20.8 Å². The van der Waals surface area contributed by atoms with E-state index in [1.54, 1.807) is 4.90 Å². The van der Waals surface area contributed by atoms with Gasteiger partial charge in [0.25, 0.3) is 0 Å². The van der Waals surface area contributed by atoms with Crippen LogP contribution in [-0.2, 0) is 19.0 Å². The monoisotopic (exact) mass is 881 g/mol. The highest BCUT2D eigenvalue weighted by atomic mass is 16.6. The molecule has 0 aromatic rings. The number of alkyl carbamates (subject to hydrolysis) is 1. The minimum Gasteiger partial charge on any atom is -0.488 e. The number of nitrogens with zero attached hydrogens (tertiary/aromatic N) is 4. The van der Waals surface area contributed by atoms with E-state index in [2.05, 4.69) is 96.2 Å². The summed E-state index contributed by atoms with van der Waals surface area (Å²) in [5.74, 6) is 4.24. The fourth-order valence-corrected chi connectivity index (χ4v) is 10.7. The topological polar surface area (TPSA) is 161 Å². The summed E-state index contributed by atoms with van der Waals surface area (Å²) in [6.45, 7) is 16.4. The molecule has 0 saturated carbocycles.